The van der Waals surface area contributed by atoms with Crippen LogP contribution >= 0.6 is 0 Å². The van der Waals surface area contributed by atoms with Gasteiger partial charge < -0.3 is 14.8 Å². The highest BCUT2D eigenvalue weighted by molar-refractivity contribution is 6.06. The highest BCUT2D eigenvalue weighted by Crippen LogP contribution is 2.26. The van der Waals surface area contributed by atoms with E-state index in [1.54, 1.807) is 6.07 Å². The highest BCUT2D eigenvalue weighted by Gasteiger charge is 2.17. The van der Waals surface area contributed by atoms with Crippen LogP contribution in [0.1, 0.15) is 49.9 Å². The minimum Gasteiger partial charge on any atom is -0.490 e. The minimum absolute atomic E-state index is 0.0148. The smallest absolute Gasteiger partial charge is 0.259 e. The standard InChI is InChI=1S/C21H25NO3/c1-15(2)24-20-10-6-5-9-19(20)21(23)22-16-11-13-18(14-12-16)25-17-7-3-4-8-17/h5-6,9-15,17H,3-4,7-8H2,1-2H3,(H,22,23). The van der Waals surface area contributed by atoms with E-state index >= 15 is 0 Å². The van der Waals surface area contributed by atoms with Crippen LogP contribution in [0.15, 0.2) is 48.5 Å². The number of amides is 1. The van der Waals surface area contributed by atoms with Crippen molar-refractivity contribution in [3.8, 4) is 11.5 Å². The number of rotatable bonds is 6. The normalized spacial score (nSPS) is 14.5. The Morgan fingerprint density at radius 3 is 2.40 bits per heavy atom. The maximum Gasteiger partial charge on any atom is 0.259 e. The van der Waals surface area contributed by atoms with Crippen LogP contribution < -0.4 is 14.8 Å². The molecule has 1 amide bonds. The Balaban J connectivity index is 1.64. The molecule has 3 rings (SSSR count). The van der Waals surface area contributed by atoms with Crippen LogP contribution in [0.4, 0.5) is 5.69 Å². The molecule has 2 aromatic carbocycles. The van der Waals surface area contributed by atoms with Gasteiger partial charge in [0.05, 0.1) is 17.8 Å². The van der Waals surface area contributed by atoms with Gasteiger partial charge in [-0.1, -0.05) is 12.1 Å². The van der Waals surface area contributed by atoms with E-state index < -0.39 is 0 Å². The monoisotopic (exact) mass is 339 g/mol. The fourth-order valence-electron chi connectivity index (χ4n) is 3.02. The van der Waals surface area contributed by atoms with Crippen LogP contribution in [0.2, 0.25) is 0 Å². The predicted molar refractivity (Wildman–Crippen MR) is 99.5 cm³/mol. The van der Waals surface area contributed by atoms with Gasteiger partial charge in [0.1, 0.15) is 11.5 Å². The van der Waals surface area contributed by atoms with Gasteiger partial charge in [-0.3, -0.25) is 4.79 Å². The largest absolute Gasteiger partial charge is 0.490 e. The second-order valence-electron chi connectivity index (χ2n) is 6.67. The first-order valence-electron chi connectivity index (χ1n) is 8.95. The zero-order chi connectivity index (χ0) is 17.6. The lowest BCUT2D eigenvalue weighted by Crippen LogP contribution is -2.15. The zero-order valence-corrected chi connectivity index (χ0v) is 14.8. The van der Waals surface area contributed by atoms with Crippen LogP contribution in [0.25, 0.3) is 0 Å². The van der Waals surface area contributed by atoms with Crippen LogP contribution in [0.3, 0.4) is 0 Å². The van der Waals surface area contributed by atoms with Crippen molar-refractivity contribution in [2.75, 3.05) is 5.32 Å². The predicted octanol–water partition coefficient (Wildman–Crippen LogP) is 5.05. The van der Waals surface area contributed by atoms with E-state index in [4.69, 9.17) is 9.47 Å². The molecule has 132 valence electrons. The molecule has 0 aromatic heterocycles. The van der Waals surface area contributed by atoms with Gasteiger partial charge >= 0.3 is 0 Å². The van der Waals surface area contributed by atoms with Crippen molar-refractivity contribution in [2.45, 2.75) is 51.7 Å². The summed E-state index contributed by atoms with van der Waals surface area (Å²) in [6, 6.07) is 14.8. The molecule has 0 unspecified atom stereocenters. The third kappa shape index (κ3) is 4.75. The fraction of sp³-hybridized carbons (Fsp3) is 0.381. The van der Waals surface area contributed by atoms with Gasteiger partial charge in [0.25, 0.3) is 5.91 Å². The first-order chi connectivity index (χ1) is 12.1. The van der Waals surface area contributed by atoms with E-state index in [1.807, 2.05) is 56.3 Å². The summed E-state index contributed by atoms with van der Waals surface area (Å²) in [7, 11) is 0. The average molecular weight is 339 g/mol. The van der Waals surface area contributed by atoms with Crippen molar-refractivity contribution in [2.24, 2.45) is 0 Å². The Labute approximate surface area is 149 Å². The van der Waals surface area contributed by atoms with Crippen LogP contribution in [0, 0.1) is 0 Å². The molecule has 1 aliphatic carbocycles. The Bertz CT molecular complexity index is 703. The van der Waals surface area contributed by atoms with Gasteiger partial charge in [-0.25, -0.2) is 0 Å². The number of carbonyl (C=O) groups is 1. The van der Waals surface area contributed by atoms with E-state index in [0.29, 0.717) is 17.4 Å². The maximum atomic E-state index is 12.6. The first-order valence-corrected chi connectivity index (χ1v) is 8.95. The Morgan fingerprint density at radius 2 is 1.72 bits per heavy atom. The third-order valence-corrected chi connectivity index (χ3v) is 4.21. The van der Waals surface area contributed by atoms with E-state index in [2.05, 4.69) is 5.32 Å². The highest BCUT2D eigenvalue weighted by atomic mass is 16.5. The molecule has 1 aliphatic rings. The molecule has 0 bridgehead atoms. The summed E-state index contributed by atoms with van der Waals surface area (Å²) in [5, 5.41) is 2.92. The second-order valence-corrected chi connectivity index (χ2v) is 6.67. The molecule has 0 radical (unpaired) electrons. The first kappa shape index (κ1) is 17.3. The summed E-state index contributed by atoms with van der Waals surface area (Å²) in [5.41, 5.74) is 1.27. The average Bonchev–Trinajstić information content (AvgIpc) is 3.09. The summed E-state index contributed by atoms with van der Waals surface area (Å²) >= 11 is 0. The molecule has 0 atom stereocenters. The molecule has 4 heteroatoms. The number of benzene rings is 2. The number of hydrogen-bond donors (Lipinski definition) is 1. The molecule has 0 saturated heterocycles. The van der Waals surface area contributed by atoms with Gasteiger partial charge in [0, 0.05) is 5.69 Å². The fourth-order valence-corrected chi connectivity index (χ4v) is 3.02. The molecular formula is C21H25NO3. The molecule has 1 N–H and O–H groups in total. The van der Waals surface area contributed by atoms with Crippen LogP contribution in [-0.2, 0) is 0 Å². The Kier molecular flexibility index (Phi) is 5.59. The lowest BCUT2D eigenvalue weighted by Gasteiger charge is -2.15. The maximum absolute atomic E-state index is 12.6. The number of nitrogens with one attached hydrogen (secondary N) is 1. The second kappa shape index (κ2) is 8.06. The SMILES string of the molecule is CC(C)Oc1ccccc1C(=O)Nc1ccc(OC2CCCC2)cc1. The van der Waals surface area contributed by atoms with Crippen molar-refractivity contribution >= 4 is 11.6 Å². The summed E-state index contributed by atoms with van der Waals surface area (Å²) in [6.45, 7) is 3.88. The van der Waals surface area contributed by atoms with Crippen molar-refractivity contribution in [3.05, 3.63) is 54.1 Å². The number of anilines is 1. The van der Waals surface area contributed by atoms with Crippen molar-refractivity contribution in [1.82, 2.24) is 0 Å². The van der Waals surface area contributed by atoms with Crippen LogP contribution in [0.5, 0.6) is 11.5 Å². The minimum atomic E-state index is -0.180. The lowest BCUT2D eigenvalue weighted by molar-refractivity contribution is 0.102. The van der Waals surface area contributed by atoms with Gasteiger partial charge in [-0.05, 0) is 75.9 Å². The quantitative estimate of drug-likeness (QED) is 0.801. The summed E-state index contributed by atoms with van der Waals surface area (Å²) in [6.07, 6.45) is 5.10. The zero-order valence-electron chi connectivity index (χ0n) is 14.8. The molecule has 2 aromatic rings. The van der Waals surface area contributed by atoms with E-state index in [9.17, 15) is 4.79 Å². The van der Waals surface area contributed by atoms with Crippen LogP contribution in [-0.4, -0.2) is 18.1 Å². The topological polar surface area (TPSA) is 47.6 Å². The summed E-state index contributed by atoms with van der Waals surface area (Å²) in [5.74, 6) is 1.27. The number of hydrogen-bond acceptors (Lipinski definition) is 3. The lowest BCUT2D eigenvalue weighted by atomic mass is 10.1. The molecule has 4 nitrogen and oxygen atoms in total. The Morgan fingerprint density at radius 1 is 1.04 bits per heavy atom. The summed E-state index contributed by atoms with van der Waals surface area (Å²) in [4.78, 5) is 12.6. The van der Waals surface area contributed by atoms with E-state index in [-0.39, 0.29) is 12.0 Å². The number of carbonyl (C=O) groups excluding carboxylic acids is 1. The van der Waals surface area contributed by atoms with Gasteiger partial charge in [-0.15, -0.1) is 0 Å². The molecule has 0 heterocycles. The van der Waals surface area contributed by atoms with Crippen molar-refractivity contribution < 1.29 is 14.3 Å². The summed E-state index contributed by atoms with van der Waals surface area (Å²) < 4.78 is 11.7. The Hall–Kier alpha value is -2.49. The molecule has 1 saturated carbocycles. The van der Waals surface area contributed by atoms with Gasteiger partial charge in [0.2, 0.25) is 0 Å². The molecular weight excluding hydrogens is 314 g/mol. The van der Waals surface area contributed by atoms with Crippen molar-refractivity contribution in [3.63, 3.8) is 0 Å². The third-order valence-electron chi connectivity index (χ3n) is 4.21. The van der Waals surface area contributed by atoms with Gasteiger partial charge in [0.15, 0.2) is 0 Å². The molecule has 25 heavy (non-hydrogen) atoms. The number of ether oxygens (including phenoxy) is 2. The molecule has 0 aliphatic heterocycles. The van der Waals surface area contributed by atoms with E-state index in [0.717, 1.165) is 24.3 Å². The number of para-hydroxylation sites is 1. The molecule has 0 spiro atoms. The van der Waals surface area contributed by atoms with E-state index in [1.165, 1.54) is 12.8 Å². The van der Waals surface area contributed by atoms with Gasteiger partial charge in [-0.2, -0.15) is 0 Å². The molecule has 1 fully saturated rings. The van der Waals surface area contributed by atoms with Crippen molar-refractivity contribution in [1.29, 1.82) is 0 Å².